The number of hydrogen-bond acceptors (Lipinski definition) is 7. The minimum atomic E-state index is -3.42. The van der Waals surface area contributed by atoms with Crippen LogP contribution < -0.4 is 0 Å². The van der Waals surface area contributed by atoms with Gasteiger partial charge in [-0.05, 0) is 61.6 Å². The summed E-state index contributed by atoms with van der Waals surface area (Å²) >= 11 is 0. The predicted molar refractivity (Wildman–Crippen MR) is 136 cm³/mol. The Hall–Kier alpha value is -2.97. The summed E-state index contributed by atoms with van der Waals surface area (Å²) in [7, 11) is -1.69. The van der Waals surface area contributed by atoms with Gasteiger partial charge in [-0.1, -0.05) is 25.5 Å². The number of aromatic nitrogens is 3. The molecule has 8 heteroatoms. The van der Waals surface area contributed by atoms with Gasteiger partial charge in [0.05, 0.1) is 10.8 Å². The zero-order chi connectivity index (χ0) is 25.8. The number of aryl methyl sites for hydroxylation is 1. The van der Waals surface area contributed by atoms with E-state index < -0.39 is 21.2 Å². The van der Waals surface area contributed by atoms with E-state index in [4.69, 9.17) is 4.74 Å². The average Bonchev–Trinajstić information content (AvgIpc) is 3.03. The summed E-state index contributed by atoms with van der Waals surface area (Å²) in [5, 5.41) is 0. The highest BCUT2D eigenvalue weighted by Crippen LogP contribution is 2.47. The lowest BCUT2D eigenvalue weighted by atomic mass is 9.84. The topological polar surface area (TPSA) is 99.1 Å². The highest BCUT2D eigenvalue weighted by atomic mass is 32.2. The molecule has 0 saturated carbocycles. The molecule has 1 atom stereocenters. The standard InChI is InChI=1S/C22H21N3O3S.C5H12O/c1-13-24-10-16(11-25-13)14-5-6-19-18(8-14)20(21(26)22(19,2)3)15-7-17(12-23-9-15)29(4,27)28;1-3-4-5-6-2/h5-12,20H,1-4H3;3-5H2,1-2H3. The number of unbranched alkanes of at least 4 members (excludes halogenated alkanes) is 1. The van der Waals surface area contributed by atoms with Gasteiger partial charge in [0.15, 0.2) is 15.6 Å². The van der Waals surface area contributed by atoms with E-state index in [1.54, 1.807) is 31.8 Å². The predicted octanol–water partition coefficient (Wildman–Crippen LogP) is 4.68. The van der Waals surface area contributed by atoms with Crippen molar-refractivity contribution in [1.82, 2.24) is 15.0 Å². The van der Waals surface area contributed by atoms with Gasteiger partial charge >= 0.3 is 0 Å². The first kappa shape index (κ1) is 26.6. The smallest absolute Gasteiger partial charge is 0.177 e. The molecule has 0 radical (unpaired) electrons. The maximum absolute atomic E-state index is 13.3. The number of sulfone groups is 1. The lowest BCUT2D eigenvalue weighted by molar-refractivity contribution is -0.122. The zero-order valence-corrected chi connectivity index (χ0v) is 22.0. The van der Waals surface area contributed by atoms with E-state index in [1.165, 1.54) is 19.0 Å². The van der Waals surface area contributed by atoms with Gasteiger partial charge in [-0.3, -0.25) is 9.78 Å². The number of nitrogens with zero attached hydrogens (tertiary/aromatic N) is 3. The first-order valence-corrected chi connectivity index (χ1v) is 13.5. The number of rotatable bonds is 6. The minimum Gasteiger partial charge on any atom is -0.385 e. The maximum atomic E-state index is 13.3. The number of ether oxygens (including phenoxy) is 1. The first-order chi connectivity index (χ1) is 16.5. The number of carbonyl (C=O) groups excluding carboxylic acids is 1. The molecule has 0 spiro atoms. The lowest BCUT2D eigenvalue weighted by Gasteiger charge is -2.18. The van der Waals surface area contributed by atoms with E-state index in [1.807, 2.05) is 39.0 Å². The van der Waals surface area contributed by atoms with Crippen LogP contribution in [0.4, 0.5) is 0 Å². The van der Waals surface area contributed by atoms with E-state index in [-0.39, 0.29) is 10.7 Å². The summed E-state index contributed by atoms with van der Waals surface area (Å²) < 4.78 is 28.7. The number of pyridine rings is 1. The van der Waals surface area contributed by atoms with Crippen LogP contribution in [0.2, 0.25) is 0 Å². The third kappa shape index (κ3) is 5.82. The van der Waals surface area contributed by atoms with Crippen molar-refractivity contribution >= 4 is 15.6 Å². The van der Waals surface area contributed by atoms with Gasteiger partial charge in [0.1, 0.15) is 5.82 Å². The molecule has 35 heavy (non-hydrogen) atoms. The van der Waals surface area contributed by atoms with E-state index >= 15 is 0 Å². The molecule has 0 N–H and O–H groups in total. The Kier molecular flexibility index (Phi) is 8.18. The molecule has 0 bridgehead atoms. The van der Waals surface area contributed by atoms with Crippen LogP contribution in [-0.4, -0.2) is 49.1 Å². The first-order valence-electron chi connectivity index (χ1n) is 11.6. The number of carbonyl (C=O) groups is 1. The molecular weight excluding hydrogens is 462 g/mol. The lowest BCUT2D eigenvalue weighted by Crippen LogP contribution is -2.26. The molecule has 0 amide bonds. The fourth-order valence-electron chi connectivity index (χ4n) is 4.14. The SMILES string of the molecule is CCCCOC.Cc1ncc(-c2ccc3c(c2)C(c2cncc(S(C)(=O)=O)c2)C(=O)C3(C)C)cn1. The third-order valence-corrected chi connectivity index (χ3v) is 7.31. The fourth-order valence-corrected chi connectivity index (χ4v) is 4.75. The van der Waals surface area contributed by atoms with Crippen molar-refractivity contribution in [2.24, 2.45) is 0 Å². The van der Waals surface area contributed by atoms with Crippen LogP contribution in [-0.2, 0) is 24.8 Å². The van der Waals surface area contributed by atoms with Gasteiger partial charge in [0.25, 0.3) is 0 Å². The number of ketones is 1. The van der Waals surface area contributed by atoms with Crippen molar-refractivity contribution in [3.8, 4) is 11.1 Å². The number of fused-ring (bicyclic) bond motifs is 1. The van der Waals surface area contributed by atoms with Crippen molar-refractivity contribution < 1.29 is 17.9 Å². The van der Waals surface area contributed by atoms with Gasteiger partial charge in [0, 0.05) is 55.7 Å². The van der Waals surface area contributed by atoms with Crippen molar-refractivity contribution in [3.05, 3.63) is 71.6 Å². The minimum absolute atomic E-state index is 0.0252. The van der Waals surface area contributed by atoms with Crippen molar-refractivity contribution in [3.63, 3.8) is 0 Å². The van der Waals surface area contributed by atoms with Gasteiger partial charge in [0.2, 0.25) is 0 Å². The Bertz CT molecular complexity index is 1300. The van der Waals surface area contributed by atoms with Crippen molar-refractivity contribution in [2.45, 2.75) is 56.8 Å². The zero-order valence-electron chi connectivity index (χ0n) is 21.2. The molecule has 2 heterocycles. The van der Waals surface area contributed by atoms with Gasteiger partial charge in [-0.2, -0.15) is 0 Å². The van der Waals surface area contributed by atoms with Crippen LogP contribution in [0.15, 0.2) is 53.9 Å². The van der Waals surface area contributed by atoms with E-state index in [0.29, 0.717) is 11.4 Å². The molecule has 0 fully saturated rings. The Morgan fingerprint density at radius 3 is 2.29 bits per heavy atom. The molecule has 1 unspecified atom stereocenters. The number of benzene rings is 1. The highest BCUT2D eigenvalue weighted by molar-refractivity contribution is 7.90. The second-order valence-corrected chi connectivity index (χ2v) is 11.3. The Morgan fingerprint density at radius 1 is 1.03 bits per heavy atom. The quantitative estimate of drug-likeness (QED) is 0.458. The highest BCUT2D eigenvalue weighted by Gasteiger charge is 2.46. The average molecular weight is 496 g/mol. The molecule has 3 aromatic rings. The van der Waals surface area contributed by atoms with Crippen LogP contribution in [0.25, 0.3) is 11.1 Å². The molecule has 1 aromatic carbocycles. The second kappa shape index (κ2) is 10.7. The van der Waals surface area contributed by atoms with E-state index in [9.17, 15) is 13.2 Å². The maximum Gasteiger partial charge on any atom is 0.177 e. The van der Waals surface area contributed by atoms with E-state index in [2.05, 4.69) is 21.9 Å². The molecule has 186 valence electrons. The molecule has 0 saturated heterocycles. The van der Waals surface area contributed by atoms with Crippen LogP contribution in [0, 0.1) is 6.92 Å². The molecule has 1 aliphatic carbocycles. The Labute approximate surface area is 207 Å². The monoisotopic (exact) mass is 495 g/mol. The third-order valence-electron chi connectivity index (χ3n) is 6.23. The number of Topliss-reactive ketones (excluding diaryl/α,β-unsaturated/α-hetero) is 1. The number of methoxy groups -OCH3 is 1. The van der Waals surface area contributed by atoms with Crippen LogP contribution in [0.1, 0.15) is 62.0 Å². The summed E-state index contributed by atoms with van der Waals surface area (Å²) in [6.07, 6.45) is 9.95. The Morgan fingerprint density at radius 2 is 1.71 bits per heavy atom. The molecule has 7 nitrogen and oxygen atoms in total. The number of hydrogen-bond donors (Lipinski definition) is 0. The molecule has 0 aliphatic heterocycles. The van der Waals surface area contributed by atoms with Crippen LogP contribution in [0.3, 0.4) is 0 Å². The summed E-state index contributed by atoms with van der Waals surface area (Å²) in [4.78, 5) is 26.0. The molecule has 1 aliphatic rings. The summed E-state index contributed by atoms with van der Waals surface area (Å²) in [5.74, 6) is 0.144. The second-order valence-electron chi connectivity index (χ2n) is 9.32. The van der Waals surface area contributed by atoms with E-state index in [0.717, 1.165) is 35.1 Å². The molecular formula is C27H33N3O4S. The largest absolute Gasteiger partial charge is 0.385 e. The summed E-state index contributed by atoms with van der Waals surface area (Å²) in [5.41, 5.74) is 3.48. The van der Waals surface area contributed by atoms with Crippen molar-refractivity contribution in [2.75, 3.05) is 20.0 Å². The van der Waals surface area contributed by atoms with Gasteiger partial charge in [-0.25, -0.2) is 18.4 Å². The Balaban J connectivity index is 0.000000509. The van der Waals surface area contributed by atoms with Gasteiger partial charge in [-0.15, -0.1) is 0 Å². The van der Waals surface area contributed by atoms with Crippen molar-refractivity contribution in [1.29, 1.82) is 0 Å². The normalized spacial score (nSPS) is 16.4. The van der Waals surface area contributed by atoms with Crippen LogP contribution in [0.5, 0.6) is 0 Å². The fraction of sp³-hybridized carbons (Fsp3) is 0.407. The van der Waals surface area contributed by atoms with Gasteiger partial charge < -0.3 is 4.74 Å². The van der Waals surface area contributed by atoms with Crippen LogP contribution >= 0.6 is 0 Å². The molecule has 4 rings (SSSR count). The summed E-state index contributed by atoms with van der Waals surface area (Å²) in [6, 6.07) is 7.47. The summed E-state index contributed by atoms with van der Waals surface area (Å²) in [6.45, 7) is 8.69. The molecule has 2 aromatic heterocycles.